The standard InChI is InChI=1S/C26H33N3O/c1-20-6-8-22(9-7-20)24-11-10-23-12-16-29(25(23)17-24)19-26(30)27-13-4-15-28-14-3-5-21(2)18-28/h6-12,16-17,21H,3-5,13-15,18-19H2,1-2H3,(H,27,30). The molecule has 1 saturated heterocycles. The van der Waals surface area contributed by atoms with E-state index in [-0.39, 0.29) is 5.91 Å². The Kier molecular flexibility index (Phi) is 6.53. The molecular weight excluding hydrogens is 370 g/mol. The van der Waals surface area contributed by atoms with Gasteiger partial charge in [0.15, 0.2) is 0 Å². The van der Waals surface area contributed by atoms with Gasteiger partial charge < -0.3 is 14.8 Å². The van der Waals surface area contributed by atoms with Crippen molar-refractivity contribution in [3.63, 3.8) is 0 Å². The van der Waals surface area contributed by atoms with Crippen LogP contribution in [0.4, 0.5) is 0 Å². The smallest absolute Gasteiger partial charge is 0.239 e. The van der Waals surface area contributed by atoms with Crippen LogP contribution >= 0.6 is 0 Å². The summed E-state index contributed by atoms with van der Waals surface area (Å²) in [4.78, 5) is 15.0. The average molecular weight is 404 g/mol. The van der Waals surface area contributed by atoms with E-state index in [9.17, 15) is 4.79 Å². The Hall–Kier alpha value is -2.59. The second kappa shape index (κ2) is 9.48. The van der Waals surface area contributed by atoms with Gasteiger partial charge in [0, 0.05) is 24.8 Å². The summed E-state index contributed by atoms with van der Waals surface area (Å²) < 4.78 is 2.05. The maximum atomic E-state index is 12.5. The second-order valence-corrected chi connectivity index (χ2v) is 8.83. The van der Waals surface area contributed by atoms with E-state index in [0.29, 0.717) is 6.54 Å². The summed E-state index contributed by atoms with van der Waals surface area (Å²) in [7, 11) is 0. The number of rotatable bonds is 7. The van der Waals surface area contributed by atoms with Crippen molar-refractivity contribution < 1.29 is 4.79 Å². The highest BCUT2D eigenvalue weighted by atomic mass is 16.1. The molecule has 0 aliphatic carbocycles. The summed E-state index contributed by atoms with van der Waals surface area (Å²) in [6, 6.07) is 17.1. The molecule has 4 nitrogen and oxygen atoms in total. The lowest BCUT2D eigenvalue weighted by Crippen LogP contribution is -2.37. The van der Waals surface area contributed by atoms with Gasteiger partial charge in [-0.25, -0.2) is 0 Å². The third-order valence-electron chi connectivity index (χ3n) is 6.19. The Morgan fingerprint density at radius 3 is 2.70 bits per heavy atom. The number of aromatic nitrogens is 1. The van der Waals surface area contributed by atoms with Gasteiger partial charge in [0.2, 0.25) is 5.91 Å². The minimum Gasteiger partial charge on any atom is -0.355 e. The van der Waals surface area contributed by atoms with E-state index in [2.05, 4.69) is 77.2 Å². The third-order valence-corrected chi connectivity index (χ3v) is 6.19. The average Bonchev–Trinajstić information content (AvgIpc) is 3.14. The SMILES string of the molecule is Cc1ccc(-c2ccc3ccn(CC(=O)NCCCN4CCCC(C)C4)c3c2)cc1. The predicted octanol–water partition coefficient (Wildman–Crippen LogP) is 4.85. The van der Waals surface area contributed by atoms with Gasteiger partial charge in [-0.15, -0.1) is 0 Å². The number of carbonyl (C=O) groups is 1. The van der Waals surface area contributed by atoms with Gasteiger partial charge >= 0.3 is 0 Å². The highest BCUT2D eigenvalue weighted by Gasteiger charge is 2.15. The van der Waals surface area contributed by atoms with Gasteiger partial charge in [0.1, 0.15) is 6.54 Å². The summed E-state index contributed by atoms with van der Waals surface area (Å²) in [5.74, 6) is 0.889. The topological polar surface area (TPSA) is 37.3 Å². The molecule has 1 amide bonds. The lowest BCUT2D eigenvalue weighted by Gasteiger charge is -2.30. The minimum absolute atomic E-state index is 0.0836. The van der Waals surface area contributed by atoms with Crippen molar-refractivity contribution in [2.45, 2.75) is 39.7 Å². The molecular formula is C26H33N3O. The van der Waals surface area contributed by atoms with Crippen LogP contribution in [0.15, 0.2) is 54.7 Å². The highest BCUT2D eigenvalue weighted by molar-refractivity contribution is 5.87. The first-order chi connectivity index (χ1) is 14.6. The number of likely N-dealkylation sites (tertiary alicyclic amines) is 1. The number of carbonyl (C=O) groups excluding carboxylic acids is 1. The molecule has 2 heterocycles. The maximum Gasteiger partial charge on any atom is 0.239 e. The Balaban J connectivity index is 1.33. The van der Waals surface area contributed by atoms with Crippen molar-refractivity contribution in [2.75, 3.05) is 26.2 Å². The van der Waals surface area contributed by atoms with E-state index < -0.39 is 0 Å². The highest BCUT2D eigenvalue weighted by Crippen LogP contribution is 2.25. The molecule has 3 aromatic rings. The largest absolute Gasteiger partial charge is 0.355 e. The van der Waals surface area contributed by atoms with Crippen molar-refractivity contribution in [2.24, 2.45) is 5.92 Å². The van der Waals surface area contributed by atoms with Crippen molar-refractivity contribution >= 4 is 16.8 Å². The Bertz CT molecular complexity index is 989. The molecule has 0 bridgehead atoms. The van der Waals surface area contributed by atoms with Crippen LogP contribution < -0.4 is 5.32 Å². The van der Waals surface area contributed by atoms with E-state index in [0.717, 1.165) is 36.3 Å². The zero-order chi connectivity index (χ0) is 20.9. The number of nitrogens with zero attached hydrogens (tertiary/aromatic N) is 2. The van der Waals surface area contributed by atoms with Crippen molar-refractivity contribution in [3.8, 4) is 11.1 Å². The van der Waals surface area contributed by atoms with E-state index in [1.54, 1.807) is 0 Å². The number of benzene rings is 2. The Labute approximate surface area is 179 Å². The fourth-order valence-electron chi connectivity index (χ4n) is 4.48. The van der Waals surface area contributed by atoms with E-state index in [1.165, 1.54) is 42.6 Å². The molecule has 1 atom stereocenters. The van der Waals surface area contributed by atoms with E-state index in [4.69, 9.17) is 0 Å². The monoisotopic (exact) mass is 403 g/mol. The van der Waals surface area contributed by atoms with E-state index >= 15 is 0 Å². The van der Waals surface area contributed by atoms with Crippen LogP contribution in [0.2, 0.25) is 0 Å². The van der Waals surface area contributed by atoms with Gasteiger partial charge in [-0.2, -0.15) is 0 Å². The van der Waals surface area contributed by atoms with Crippen LogP contribution in [0.5, 0.6) is 0 Å². The van der Waals surface area contributed by atoms with Crippen LogP contribution in [0, 0.1) is 12.8 Å². The molecule has 1 aliphatic heterocycles. The first kappa shape index (κ1) is 20.7. The summed E-state index contributed by atoms with van der Waals surface area (Å²) in [5.41, 5.74) is 4.74. The first-order valence-corrected chi connectivity index (χ1v) is 11.2. The van der Waals surface area contributed by atoms with Crippen molar-refractivity contribution in [1.82, 2.24) is 14.8 Å². The van der Waals surface area contributed by atoms with Gasteiger partial charge in [0.25, 0.3) is 0 Å². The van der Waals surface area contributed by atoms with Gasteiger partial charge in [-0.05, 0) is 73.8 Å². The molecule has 4 rings (SSSR count). The number of hydrogen-bond donors (Lipinski definition) is 1. The summed E-state index contributed by atoms with van der Waals surface area (Å²) in [6.07, 6.45) is 5.68. The molecule has 0 radical (unpaired) electrons. The summed E-state index contributed by atoms with van der Waals surface area (Å²) >= 11 is 0. The fourth-order valence-corrected chi connectivity index (χ4v) is 4.48. The van der Waals surface area contributed by atoms with E-state index in [1.807, 2.05) is 6.20 Å². The molecule has 0 saturated carbocycles. The lowest BCUT2D eigenvalue weighted by molar-refractivity contribution is -0.121. The van der Waals surface area contributed by atoms with Crippen molar-refractivity contribution in [1.29, 1.82) is 0 Å². The number of fused-ring (bicyclic) bond motifs is 1. The molecule has 158 valence electrons. The quantitative estimate of drug-likeness (QED) is 0.572. The summed E-state index contributed by atoms with van der Waals surface area (Å²) in [5, 5.41) is 4.27. The number of aryl methyl sites for hydroxylation is 1. The van der Waals surface area contributed by atoms with Gasteiger partial charge in [-0.3, -0.25) is 4.79 Å². The molecule has 0 spiro atoms. The molecule has 1 unspecified atom stereocenters. The van der Waals surface area contributed by atoms with Crippen molar-refractivity contribution in [3.05, 3.63) is 60.3 Å². The molecule has 1 fully saturated rings. The normalized spacial score (nSPS) is 17.3. The number of amides is 1. The van der Waals surface area contributed by atoms with Crippen LogP contribution in [0.1, 0.15) is 31.7 Å². The lowest BCUT2D eigenvalue weighted by atomic mass is 10.0. The second-order valence-electron chi connectivity index (χ2n) is 8.83. The van der Waals surface area contributed by atoms with Crippen LogP contribution in [-0.4, -0.2) is 41.6 Å². The maximum absolute atomic E-state index is 12.5. The molecule has 30 heavy (non-hydrogen) atoms. The Morgan fingerprint density at radius 1 is 1.10 bits per heavy atom. The van der Waals surface area contributed by atoms with Crippen LogP contribution in [0.3, 0.4) is 0 Å². The zero-order valence-corrected chi connectivity index (χ0v) is 18.2. The number of hydrogen-bond acceptors (Lipinski definition) is 2. The third kappa shape index (κ3) is 5.11. The zero-order valence-electron chi connectivity index (χ0n) is 18.2. The molecule has 2 aromatic carbocycles. The minimum atomic E-state index is 0.0836. The van der Waals surface area contributed by atoms with Gasteiger partial charge in [0.05, 0.1) is 0 Å². The Morgan fingerprint density at radius 2 is 1.90 bits per heavy atom. The molecule has 1 aromatic heterocycles. The molecule has 4 heteroatoms. The fraction of sp³-hybridized carbons (Fsp3) is 0.423. The summed E-state index contributed by atoms with van der Waals surface area (Å²) in [6.45, 7) is 9.03. The van der Waals surface area contributed by atoms with Gasteiger partial charge in [-0.1, -0.05) is 48.9 Å². The molecule has 1 aliphatic rings. The number of nitrogens with one attached hydrogen (secondary N) is 1. The van der Waals surface area contributed by atoms with Crippen LogP contribution in [0.25, 0.3) is 22.0 Å². The van der Waals surface area contributed by atoms with Crippen LogP contribution in [-0.2, 0) is 11.3 Å². The molecule has 1 N–H and O–H groups in total. The predicted molar refractivity (Wildman–Crippen MR) is 125 cm³/mol. The number of piperidine rings is 1. The first-order valence-electron chi connectivity index (χ1n) is 11.2.